The van der Waals surface area contributed by atoms with Gasteiger partial charge in [0, 0.05) is 0 Å². The van der Waals surface area contributed by atoms with E-state index in [1.54, 1.807) is 18.2 Å². The Morgan fingerprint density at radius 1 is 0.839 bits per heavy atom. The Morgan fingerprint density at radius 3 is 1.81 bits per heavy atom. The number of aliphatic hydroxyl groups excluding tert-OH is 2. The highest BCUT2D eigenvalue weighted by atomic mass is 16.5. The Bertz CT molecular complexity index is 895. The minimum Gasteiger partial charge on any atom is -0.422 e. The van der Waals surface area contributed by atoms with E-state index in [2.05, 4.69) is 20.1 Å². The fraction of sp³-hybridized carbons (Fsp3) is 0.280. The van der Waals surface area contributed by atoms with E-state index in [9.17, 15) is 9.59 Å². The van der Waals surface area contributed by atoms with Crippen LogP contribution in [0.4, 0.5) is 0 Å². The highest BCUT2D eigenvalue weighted by Gasteiger charge is 2.20. The van der Waals surface area contributed by atoms with Crippen LogP contribution in [0.25, 0.3) is 11.1 Å². The number of benzene rings is 2. The molecule has 0 spiro atoms. The number of carbonyl (C=O) groups excluding carboxylic acids is 2. The van der Waals surface area contributed by atoms with Crippen LogP contribution in [0.2, 0.25) is 0 Å². The molecule has 0 radical (unpaired) electrons. The van der Waals surface area contributed by atoms with Gasteiger partial charge >= 0.3 is 11.9 Å². The van der Waals surface area contributed by atoms with E-state index >= 15 is 0 Å². The molecule has 0 fully saturated rings. The van der Waals surface area contributed by atoms with E-state index < -0.39 is 25.2 Å². The summed E-state index contributed by atoms with van der Waals surface area (Å²) in [4.78, 5) is 24.4. The number of rotatable bonds is 11. The molecular weight excluding hydrogens is 396 g/mol. The van der Waals surface area contributed by atoms with Crippen molar-refractivity contribution in [2.45, 2.75) is 32.6 Å². The molecule has 2 aromatic carbocycles. The van der Waals surface area contributed by atoms with Gasteiger partial charge in [-0.3, -0.25) is 0 Å². The predicted octanol–water partition coefficient (Wildman–Crippen LogP) is 3.99. The highest BCUT2D eigenvalue weighted by Crippen LogP contribution is 2.39. The number of aryl methyl sites for hydroxylation is 1. The second kappa shape index (κ2) is 11.8. The highest BCUT2D eigenvalue weighted by molar-refractivity contribution is 5.93. The quantitative estimate of drug-likeness (QED) is 0.245. The largest absolute Gasteiger partial charge is 0.422 e. The number of hydrogen-bond donors (Lipinski definition) is 2. The molecule has 2 rings (SSSR count). The molecule has 0 unspecified atom stereocenters. The summed E-state index contributed by atoms with van der Waals surface area (Å²) in [6.45, 7) is 8.03. The summed E-state index contributed by atoms with van der Waals surface area (Å²) in [5.41, 5.74) is 2.03. The van der Waals surface area contributed by atoms with E-state index in [1.807, 2.05) is 24.3 Å². The van der Waals surface area contributed by atoms with Crippen LogP contribution in [0, 0.1) is 0 Å². The summed E-state index contributed by atoms with van der Waals surface area (Å²) in [5, 5.41) is 18.3. The predicted molar refractivity (Wildman–Crippen MR) is 119 cm³/mol. The SMILES string of the molecule is C=C(CO)C(=O)Oc1cccc(OC(=O)C(=C)CO)c1-c1ccc(CCCCC)cc1. The van der Waals surface area contributed by atoms with Gasteiger partial charge in [0.1, 0.15) is 11.5 Å². The number of unbranched alkanes of at least 4 members (excludes halogenated alkanes) is 2. The number of ether oxygens (including phenoxy) is 2. The third-order valence-corrected chi connectivity index (χ3v) is 4.66. The minimum absolute atomic E-state index is 0.103. The second-order valence-corrected chi connectivity index (χ2v) is 7.09. The fourth-order valence-electron chi connectivity index (χ4n) is 2.86. The van der Waals surface area contributed by atoms with Gasteiger partial charge in [-0.15, -0.1) is 0 Å². The molecule has 0 atom stereocenters. The second-order valence-electron chi connectivity index (χ2n) is 7.09. The molecule has 2 aromatic rings. The van der Waals surface area contributed by atoms with E-state index in [0.717, 1.165) is 25.7 Å². The maximum Gasteiger partial charge on any atom is 0.341 e. The summed E-state index contributed by atoms with van der Waals surface area (Å²) < 4.78 is 10.8. The van der Waals surface area contributed by atoms with Crippen molar-refractivity contribution in [3.8, 4) is 22.6 Å². The van der Waals surface area contributed by atoms with Gasteiger partial charge in [0.2, 0.25) is 0 Å². The Kier molecular flexibility index (Phi) is 9.18. The van der Waals surface area contributed by atoms with E-state index in [4.69, 9.17) is 19.7 Å². The standard InChI is InChI=1S/C25H28O6/c1-4-5-6-8-19-11-13-20(14-12-19)23-21(30-24(28)17(2)15-26)9-7-10-22(23)31-25(29)18(3)16-27/h7,9-14,26-27H,2-6,8,15-16H2,1H3. The number of carbonyl (C=O) groups is 2. The first-order chi connectivity index (χ1) is 14.9. The third kappa shape index (κ3) is 6.64. The van der Waals surface area contributed by atoms with Gasteiger partial charge in [-0.1, -0.05) is 63.3 Å². The normalized spacial score (nSPS) is 10.4. The first kappa shape index (κ1) is 24.1. The van der Waals surface area contributed by atoms with Crippen molar-refractivity contribution in [1.82, 2.24) is 0 Å². The van der Waals surface area contributed by atoms with Gasteiger partial charge in [-0.05, 0) is 36.1 Å². The summed E-state index contributed by atoms with van der Waals surface area (Å²) in [7, 11) is 0. The third-order valence-electron chi connectivity index (χ3n) is 4.66. The zero-order valence-electron chi connectivity index (χ0n) is 17.7. The number of hydrogen-bond acceptors (Lipinski definition) is 6. The van der Waals surface area contributed by atoms with Crippen LogP contribution in [0.1, 0.15) is 31.7 Å². The molecule has 0 aliphatic rings. The Balaban J connectivity index is 2.44. The van der Waals surface area contributed by atoms with Gasteiger partial charge in [0.05, 0.1) is 29.9 Å². The molecule has 2 N–H and O–H groups in total. The van der Waals surface area contributed by atoms with Crippen LogP contribution >= 0.6 is 0 Å². The molecule has 0 saturated carbocycles. The molecule has 6 nitrogen and oxygen atoms in total. The molecule has 0 bridgehead atoms. The molecule has 0 aromatic heterocycles. The molecule has 0 aliphatic carbocycles. The van der Waals surface area contributed by atoms with Gasteiger partial charge in [-0.2, -0.15) is 0 Å². The van der Waals surface area contributed by atoms with E-state index in [0.29, 0.717) is 11.1 Å². The average Bonchev–Trinajstić information content (AvgIpc) is 2.78. The van der Waals surface area contributed by atoms with Crippen molar-refractivity contribution >= 4 is 11.9 Å². The van der Waals surface area contributed by atoms with Crippen molar-refractivity contribution in [2.24, 2.45) is 0 Å². The van der Waals surface area contributed by atoms with Gasteiger partial charge in [-0.25, -0.2) is 9.59 Å². The van der Waals surface area contributed by atoms with Crippen LogP contribution < -0.4 is 9.47 Å². The number of aliphatic hydroxyl groups is 2. The van der Waals surface area contributed by atoms with Crippen molar-refractivity contribution in [3.63, 3.8) is 0 Å². The molecule has 6 heteroatoms. The fourth-order valence-corrected chi connectivity index (χ4v) is 2.86. The lowest BCUT2D eigenvalue weighted by Crippen LogP contribution is -2.15. The average molecular weight is 424 g/mol. The van der Waals surface area contributed by atoms with Gasteiger partial charge in [0.25, 0.3) is 0 Å². The van der Waals surface area contributed by atoms with Crippen molar-refractivity contribution in [1.29, 1.82) is 0 Å². The van der Waals surface area contributed by atoms with E-state index in [1.165, 1.54) is 5.56 Å². The van der Waals surface area contributed by atoms with Crippen LogP contribution in [0.3, 0.4) is 0 Å². The van der Waals surface area contributed by atoms with Crippen LogP contribution in [-0.2, 0) is 16.0 Å². The van der Waals surface area contributed by atoms with Crippen molar-refractivity contribution in [3.05, 3.63) is 72.3 Å². The first-order valence-corrected chi connectivity index (χ1v) is 10.1. The van der Waals surface area contributed by atoms with Crippen molar-refractivity contribution in [2.75, 3.05) is 13.2 Å². The molecule has 0 aliphatic heterocycles. The summed E-state index contributed by atoms with van der Waals surface area (Å²) >= 11 is 0. The Morgan fingerprint density at radius 2 is 1.35 bits per heavy atom. The molecule has 0 saturated heterocycles. The number of esters is 2. The topological polar surface area (TPSA) is 93.1 Å². The molecular formula is C25H28O6. The van der Waals surface area contributed by atoms with E-state index in [-0.39, 0.29) is 22.6 Å². The summed E-state index contributed by atoms with van der Waals surface area (Å²) in [6.07, 6.45) is 4.35. The first-order valence-electron chi connectivity index (χ1n) is 10.1. The summed E-state index contributed by atoms with van der Waals surface area (Å²) in [6, 6.07) is 12.4. The molecule has 0 heterocycles. The monoisotopic (exact) mass is 424 g/mol. The van der Waals surface area contributed by atoms with Gasteiger partial charge < -0.3 is 19.7 Å². The minimum atomic E-state index is -0.789. The maximum absolute atomic E-state index is 12.2. The van der Waals surface area contributed by atoms with Crippen LogP contribution in [-0.4, -0.2) is 35.4 Å². The Hall–Kier alpha value is -3.22. The van der Waals surface area contributed by atoms with Crippen molar-refractivity contribution < 1.29 is 29.3 Å². The molecule has 164 valence electrons. The molecule has 0 amide bonds. The Labute approximate surface area is 182 Å². The lowest BCUT2D eigenvalue weighted by atomic mass is 9.99. The maximum atomic E-state index is 12.2. The zero-order chi connectivity index (χ0) is 22.8. The van der Waals surface area contributed by atoms with Gasteiger partial charge in [0.15, 0.2) is 0 Å². The zero-order valence-corrected chi connectivity index (χ0v) is 17.7. The lowest BCUT2D eigenvalue weighted by Gasteiger charge is -2.16. The van der Waals surface area contributed by atoms with Crippen LogP contribution in [0.5, 0.6) is 11.5 Å². The lowest BCUT2D eigenvalue weighted by molar-refractivity contribution is -0.131. The van der Waals surface area contributed by atoms with Crippen LogP contribution in [0.15, 0.2) is 66.8 Å². The smallest absolute Gasteiger partial charge is 0.341 e. The molecule has 31 heavy (non-hydrogen) atoms. The summed E-state index contributed by atoms with van der Waals surface area (Å²) in [5.74, 6) is -1.28.